The number of fused-ring (bicyclic) bond motifs is 1. The lowest BCUT2D eigenvalue weighted by Crippen LogP contribution is -2.24. The molecule has 1 N–H and O–H groups in total. The number of aryl methyl sites for hydroxylation is 2. The molecule has 0 radical (unpaired) electrons. The van der Waals surface area contributed by atoms with Gasteiger partial charge in [0.1, 0.15) is 22.4 Å². The quantitative estimate of drug-likeness (QED) is 0.762. The van der Waals surface area contributed by atoms with E-state index < -0.39 is 11.5 Å². The second-order valence-corrected chi connectivity index (χ2v) is 6.70. The van der Waals surface area contributed by atoms with Crippen molar-refractivity contribution in [2.45, 2.75) is 25.7 Å². The molecule has 0 aliphatic carbocycles. The largest absolute Gasteiger partial charge is 0.427 e. The Morgan fingerprint density at radius 3 is 2.78 bits per heavy atom. The number of rotatable bonds is 3. The van der Waals surface area contributed by atoms with Gasteiger partial charge in [0, 0.05) is 26.2 Å². The first-order chi connectivity index (χ1) is 13.0. The Morgan fingerprint density at radius 1 is 1.26 bits per heavy atom. The van der Waals surface area contributed by atoms with E-state index >= 15 is 0 Å². The number of carbonyl (C=O) groups is 1. The molecule has 1 fully saturated rings. The van der Waals surface area contributed by atoms with E-state index in [1.807, 2.05) is 0 Å². The highest BCUT2D eigenvalue weighted by Gasteiger charge is 2.23. The second-order valence-electron chi connectivity index (χ2n) is 6.70. The Balaban J connectivity index is 1.64. The molecule has 1 amide bonds. The van der Waals surface area contributed by atoms with Crippen molar-refractivity contribution in [1.29, 1.82) is 0 Å². The van der Waals surface area contributed by atoms with Crippen molar-refractivity contribution in [1.82, 2.24) is 15.0 Å². The van der Waals surface area contributed by atoms with Gasteiger partial charge >= 0.3 is 5.63 Å². The van der Waals surface area contributed by atoms with Crippen LogP contribution in [-0.2, 0) is 11.8 Å². The number of nitrogens with one attached hydrogen (secondary N) is 1. The Bertz CT molecular complexity index is 1060. The van der Waals surface area contributed by atoms with Crippen LogP contribution >= 0.6 is 0 Å². The van der Waals surface area contributed by atoms with Crippen LogP contribution in [-0.4, -0.2) is 34.1 Å². The zero-order valence-corrected chi connectivity index (χ0v) is 15.2. The van der Waals surface area contributed by atoms with Gasteiger partial charge < -0.3 is 14.5 Å². The first-order valence-electron chi connectivity index (χ1n) is 8.86. The van der Waals surface area contributed by atoms with Crippen LogP contribution in [0.3, 0.4) is 0 Å². The predicted octanol–water partition coefficient (Wildman–Crippen LogP) is 2.38. The van der Waals surface area contributed by atoms with E-state index in [2.05, 4.69) is 15.5 Å². The lowest BCUT2D eigenvalue weighted by molar-refractivity contribution is 0.0796. The molecule has 4 rings (SSSR count). The number of benzene rings is 1. The molecule has 1 aromatic carbocycles. The molecule has 1 saturated heterocycles. The normalized spacial score (nSPS) is 15.2. The van der Waals surface area contributed by atoms with Crippen LogP contribution in [0.4, 0.5) is 5.69 Å². The molecule has 27 heavy (non-hydrogen) atoms. The monoisotopic (exact) mass is 368 g/mol. The van der Waals surface area contributed by atoms with Crippen LogP contribution in [0.15, 0.2) is 33.5 Å². The molecule has 0 spiro atoms. The van der Waals surface area contributed by atoms with Crippen LogP contribution in [0.25, 0.3) is 11.0 Å². The van der Waals surface area contributed by atoms with Gasteiger partial charge in [-0.1, -0.05) is 6.07 Å². The number of hydrogen-bond donors (Lipinski definition) is 1. The van der Waals surface area contributed by atoms with E-state index in [-0.39, 0.29) is 11.5 Å². The molecule has 3 aromatic rings. The number of carbonyl (C=O) groups excluding carboxylic acids is 1. The summed E-state index contributed by atoms with van der Waals surface area (Å²) in [6.45, 7) is 3.05. The number of aromatic nitrogens is 3. The van der Waals surface area contributed by atoms with E-state index in [4.69, 9.17) is 9.15 Å². The van der Waals surface area contributed by atoms with Crippen molar-refractivity contribution in [2.75, 3.05) is 18.5 Å². The fourth-order valence-corrected chi connectivity index (χ4v) is 3.41. The maximum atomic E-state index is 12.7. The summed E-state index contributed by atoms with van der Waals surface area (Å²) >= 11 is 0. The Labute approximate surface area is 155 Å². The summed E-state index contributed by atoms with van der Waals surface area (Å²) in [6.07, 6.45) is 1.62. The molecule has 0 saturated carbocycles. The van der Waals surface area contributed by atoms with Crippen molar-refractivity contribution in [3.8, 4) is 0 Å². The molecule has 2 aromatic heterocycles. The fourth-order valence-electron chi connectivity index (χ4n) is 3.41. The summed E-state index contributed by atoms with van der Waals surface area (Å²) in [4.78, 5) is 26.7. The number of ether oxygens (including phenoxy) is 1. The van der Waals surface area contributed by atoms with Gasteiger partial charge in [0.05, 0.1) is 5.69 Å². The van der Waals surface area contributed by atoms with Crippen molar-refractivity contribution >= 4 is 22.6 Å². The summed E-state index contributed by atoms with van der Waals surface area (Å²) in [5.74, 6) is 0.252. The summed E-state index contributed by atoms with van der Waals surface area (Å²) in [5, 5.41) is 11.2. The number of anilines is 1. The van der Waals surface area contributed by atoms with E-state index in [0.29, 0.717) is 41.3 Å². The minimum absolute atomic E-state index is 0.00621. The topological polar surface area (TPSA) is 99.2 Å². The summed E-state index contributed by atoms with van der Waals surface area (Å²) in [6, 6.07) is 7.09. The third-order valence-corrected chi connectivity index (χ3v) is 4.78. The van der Waals surface area contributed by atoms with Crippen molar-refractivity contribution < 1.29 is 13.9 Å². The molecular weight excluding hydrogens is 348 g/mol. The molecule has 3 heterocycles. The predicted molar refractivity (Wildman–Crippen MR) is 99.0 cm³/mol. The van der Waals surface area contributed by atoms with Gasteiger partial charge in [-0.05, 0) is 43.5 Å². The molecule has 1 aliphatic rings. The van der Waals surface area contributed by atoms with E-state index in [1.165, 1.54) is 4.80 Å². The average Bonchev–Trinajstić information content (AvgIpc) is 3.03. The maximum Gasteiger partial charge on any atom is 0.349 e. The lowest BCUT2D eigenvalue weighted by Gasteiger charge is -2.21. The average molecular weight is 368 g/mol. The van der Waals surface area contributed by atoms with E-state index in [9.17, 15) is 9.59 Å². The highest BCUT2D eigenvalue weighted by Crippen LogP contribution is 2.27. The standard InChI is InChI=1S/C19H20N4O4/c1-11-10-15(12-6-8-26-9-7-12)27-19(25)16(11)18(24)20-13-4-3-5-14-17(13)22-23(2)21-14/h3-5,10,12H,6-9H2,1-2H3,(H,20,24). The SMILES string of the molecule is Cc1cc(C2CCOCC2)oc(=O)c1C(=O)Nc1cccc2nn(C)nc12. The van der Waals surface area contributed by atoms with Crippen LogP contribution in [0, 0.1) is 6.92 Å². The minimum atomic E-state index is -0.625. The van der Waals surface area contributed by atoms with Crippen molar-refractivity contribution in [3.63, 3.8) is 0 Å². The fraction of sp³-hybridized carbons (Fsp3) is 0.368. The van der Waals surface area contributed by atoms with Crippen LogP contribution in [0.1, 0.15) is 40.4 Å². The molecule has 8 nitrogen and oxygen atoms in total. The molecule has 140 valence electrons. The van der Waals surface area contributed by atoms with Crippen LogP contribution in [0.5, 0.6) is 0 Å². The number of amides is 1. The highest BCUT2D eigenvalue weighted by molar-refractivity contribution is 6.08. The molecule has 0 atom stereocenters. The van der Waals surface area contributed by atoms with Gasteiger partial charge in [-0.15, -0.1) is 0 Å². The summed E-state index contributed by atoms with van der Waals surface area (Å²) in [7, 11) is 1.71. The third kappa shape index (κ3) is 3.35. The summed E-state index contributed by atoms with van der Waals surface area (Å²) < 4.78 is 10.8. The number of hydrogen-bond acceptors (Lipinski definition) is 6. The van der Waals surface area contributed by atoms with Gasteiger partial charge in [0.2, 0.25) is 0 Å². The van der Waals surface area contributed by atoms with Gasteiger partial charge in [-0.25, -0.2) is 4.79 Å². The Morgan fingerprint density at radius 2 is 2.04 bits per heavy atom. The van der Waals surface area contributed by atoms with Crippen molar-refractivity contribution in [2.24, 2.45) is 7.05 Å². The zero-order valence-electron chi connectivity index (χ0n) is 15.2. The molecular formula is C19H20N4O4. The Kier molecular flexibility index (Phi) is 4.49. The molecule has 1 aliphatic heterocycles. The van der Waals surface area contributed by atoms with Gasteiger partial charge in [0.25, 0.3) is 5.91 Å². The molecule has 8 heteroatoms. The van der Waals surface area contributed by atoms with Crippen LogP contribution in [0.2, 0.25) is 0 Å². The van der Waals surface area contributed by atoms with Crippen molar-refractivity contribution in [3.05, 3.63) is 51.6 Å². The lowest BCUT2D eigenvalue weighted by atomic mass is 9.95. The number of nitrogens with zero attached hydrogens (tertiary/aromatic N) is 3. The van der Waals surface area contributed by atoms with Gasteiger partial charge in [-0.3, -0.25) is 4.79 Å². The van der Waals surface area contributed by atoms with Gasteiger partial charge in [-0.2, -0.15) is 15.0 Å². The molecule has 0 unspecified atom stereocenters. The maximum absolute atomic E-state index is 12.7. The summed E-state index contributed by atoms with van der Waals surface area (Å²) in [5.41, 5.74) is 1.70. The van der Waals surface area contributed by atoms with E-state index in [0.717, 1.165) is 12.8 Å². The first-order valence-corrected chi connectivity index (χ1v) is 8.86. The first kappa shape index (κ1) is 17.4. The van der Waals surface area contributed by atoms with Gasteiger partial charge in [0.15, 0.2) is 0 Å². The second kappa shape index (κ2) is 6.96. The third-order valence-electron chi connectivity index (χ3n) is 4.78. The zero-order chi connectivity index (χ0) is 19.0. The molecule has 0 bridgehead atoms. The Hall–Kier alpha value is -3.00. The smallest absolute Gasteiger partial charge is 0.349 e. The van der Waals surface area contributed by atoms with Crippen LogP contribution < -0.4 is 10.9 Å². The van der Waals surface area contributed by atoms with E-state index in [1.54, 1.807) is 38.2 Å². The minimum Gasteiger partial charge on any atom is -0.427 e. The highest BCUT2D eigenvalue weighted by atomic mass is 16.5.